The molecule has 0 amide bonds. The lowest BCUT2D eigenvalue weighted by Gasteiger charge is -2.31. The first-order chi connectivity index (χ1) is 13.4. The van der Waals surface area contributed by atoms with Crippen molar-refractivity contribution in [2.24, 2.45) is 5.73 Å². The van der Waals surface area contributed by atoms with Gasteiger partial charge in [0.2, 0.25) is 11.7 Å². The molecule has 0 fully saturated rings. The molecule has 0 bridgehead atoms. The number of hydrogen-bond acceptors (Lipinski definition) is 5. The fraction of sp³-hybridized carbons (Fsp3) is 0.174. The Bertz CT molecular complexity index is 1120. The van der Waals surface area contributed by atoms with Gasteiger partial charge < -0.3 is 10.5 Å². The summed E-state index contributed by atoms with van der Waals surface area (Å²) in [7, 11) is 0. The van der Waals surface area contributed by atoms with Crippen LogP contribution in [0, 0.1) is 11.3 Å². The summed E-state index contributed by atoms with van der Waals surface area (Å²) in [6, 6.07) is 16.3. The summed E-state index contributed by atoms with van der Waals surface area (Å²) in [6.45, 7) is 4.17. The molecule has 1 heterocycles. The molecule has 0 radical (unpaired) electrons. The molecule has 1 aliphatic carbocycles. The molecule has 1 aliphatic heterocycles. The summed E-state index contributed by atoms with van der Waals surface area (Å²) in [5, 5.41) is 9.69. The summed E-state index contributed by atoms with van der Waals surface area (Å²) in [5.41, 5.74) is 8.74. The number of benzene rings is 2. The third-order valence-corrected chi connectivity index (χ3v) is 5.22. The summed E-state index contributed by atoms with van der Waals surface area (Å²) < 4.78 is 5.49. The molecule has 0 saturated heterocycles. The van der Waals surface area contributed by atoms with Gasteiger partial charge in [-0.15, -0.1) is 0 Å². The van der Waals surface area contributed by atoms with Gasteiger partial charge in [-0.25, -0.2) is 0 Å². The molecule has 4 rings (SSSR count). The van der Waals surface area contributed by atoms with Crippen LogP contribution in [0.15, 0.2) is 71.3 Å². The normalized spacial score (nSPS) is 18.6. The summed E-state index contributed by atoms with van der Waals surface area (Å²) in [6.07, 6.45) is 0. The van der Waals surface area contributed by atoms with Crippen molar-refractivity contribution in [2.45, 2.75) is 25.7 Å². The molecule has 2 aliphatic rings. The number of hydrogen-bond donors (Lipinski definition) is 1. The van der Waals surface area contributed by atoms with E-state index < -0.39 is 11.7 Å². The van der Waals surface area contributed by atoms with Gasteiger partial charge in [0.15, 0.2) is 11.5 Å². The summed E-state index contributed by atoms with van der Waals surface area (Å²) >= 11 is 0. The van der Waals surface area contributed by atoms with Gasteiger partial charge in [0.1, 0.15) is 11.6 Å². The number of rotatable bonds is 2. The van der Waals surface area contributed by atoms with Crippen LogP contribution in [0.25, 0.3) is 0 Å². The van der Waals surface area contributed by atoms with Crippen molar-refractivity contribution < 1.29 is 14.3 Å². The van der Waals surface area contributed by atoms with E-state index in [1.165, 1.54) is 0 Å². The zero-order valence-electron chi connectivity index (χ0n) is 15.5. The van der Waals surface area contributed by atoms with Gasteiger partial charge in [0, 0.05) is 11.1 Å². The standard InChI is InChI=1S/C23H18N2O3/c1-12(2)13-7-9-14(10-8-13)18-17(11-24)23(25)28-22-19(18)20(26)15-5-3-4-6-16(15)21(22)27/h3-10,12,18H,25H2,1-2H3/t18-/m1/s1. The fourth-order valence-corrected chi connectivity index (χ4v) is 3.71. The number of Topliss-reactive ketones (excluding diaryl/α,β-unsaturated/α-hetero) is 2. The number of allylic oxidation sites excluding steroid dienone is 3. The Hall–Kier alpha value is -3.65. The van der Waals surface area contributed by atoms with E-state index in [-0.39, 0.29) is 34.1 Å². The van der Waals surface area contributed by atoms with Crippen molar-refractivity contribution in [1.29, 1.82) is 5.26 Å². The lowest BCUT2D eigenvalue weighted by molar-refractivity contribution is 0.0897. The van der Waals surface area contributed by atoms with Gasteiger partial charge in [-0.05, 0) is 17.0 Å². The zero-order chi connectivity index (χ0) is 20.0. The maximum atomic E-state index is 13.3. The highest BCUT2D eigenvalue weighted by Gasteiger charge is 2.43. The third kappa shape index (κ3) is 2.54. The fourth-order valence-electron chi connectivity index (χ4n) is 3.71. The van der Waals surface area contributed by atoms with Crippen molar-refractivity contribution in [3.63, 3.8) is 0 Å². The largest absolute Gasteiger partial charge is 0.436 e. The predicted molar refractivity (Wildman–Crippen MR) is 103 cm³/mol. The molecule has 28 heavy (non-hydrogen) atoms. The molecule has 0 unspecified atom stereocenters. The number of carbonyl (C=O) groups excluding carboxylic acids is 2. The molecule has 0 aromatic heterocycles. The van der Waals surface area contributed by atoms with Gasteiger partial charge in [-0.1, -0.05) is 62.4 Å². The Labute approximate surface area is 162 Å². The van der Waals surface area contributed by atoms with Crippen LogP contribution in [-0.4, -0.2) is 11.6 Å². The van der Waals surface area contributed by atoms with E-state index in [9.17, 15) is 14.9 Å². The molecule has 0 spiro atoms. The molecule has 5 nitrogen and oxygen atoms in total. The number of nitriles is 1. The van der Waals surface area contributed by atoms with Crippen LogP contribution in [0.4, 0.5) is 0 Å². The van der Waals surface area contributed by atoms with E-state index in [1.807, 2.05) is 24.3 Å². The van der Waals surface area contributed by atoms with Crippen LogP contribution in [0.2, 0.25) is 0 Å². The zero-order valence-corrected chi connectivity index (χ0v) is 15.5. The van der Waals surface area contributed by atoms with Crippen molar-refractivity contribution in [2.75, 3.05) is 0 Å². The van der Waals surface area contributed by atoms with Crippen LogP contribution >= 0.6 is 0 Å². The van der Waals surface area contributed by atoms with Crippen LogP contribution in [0.3, 0.4) is 0 Å². The highest BCUT2D eigenvalue weighted by atomic mass is 16.5. The molecule has 5 heteroatoms. The second-order valence-corrected chi connectivity index (χ2v) is 7.19. The lowest BCUT2D eigenvalue weighted by atomic mass is 9.75. The second-order valence-electron chi connectivity index (χ2n) is 7.19. The van der Waals surface area contributed by atoms with Gasteiger partial charge in [0.25, 0.3) is 0 Å². The molecular weight excluding hydrogens is 352 g/mol. The number of ether oxygens (including phenoxy) is 1. The van der Waals surface area contributed by atoms with E-state index in [0.717, 1.165) is 11.1 Å². The van der Waals surface area contributed by atoms with E-state index in [1.54, 1.807) is 24.3 Å². The molecule has 138 valence electrons. The Kier molecular flexibility index (Phi) is 4.12. The number of nitrogens with zero attached hydrogens (tertiary/aromatic N) is 1. The first-order valence-corrected chi connectivity index (χ1v) is 9.04. The number of ketones is 2. The predicted octanol–water partition coefficient (Wildman–Crippen LogP) is 3.95. The van der Waals surface area contributed by atoms with E-state index in [4.69, 9.17) is 10.5 Å². The molecule has 0 saturated carbocycles. The average Bonchev–Trinajstić information content (AvgIpc) is 2.71. The molecule has 1 atom stereocenters. The van der Waals surface area contributed by atoms with Gasteiger partial charge >= 0.3 is 0 Å². The van der Waals surface area contributed by atoms with Crippen molar-refractivity contribution >= 4 is 11.6 Å². The minimum Gasteiger partial charge on any atom is -0.436 e. The maximum absolute atomic E-state index is 13.3. The molecule has 2 aromatic rings. The molecular formula is C23H18N2O3. The second kappa shape index (κ2) is 6.50. The Morgan fingerprint density at radius 3 is 2.18 bits per heavy atom. The quantitative estimate of drug-likeness (QED) is 0.864. The SMILES string of the molecule is CC(C)c1ccc([C@@H]2C(C#N)=C(N)OC3=C2C(=O)c2ccccc2C3=O)cc1. The van der Waals surface area contributed by atoms with Crippen LogP contribution in [0.1, 0.15) is 57.5 Å². The minimum absolute atomic E-state index is 0.0851. The smallest absolute Gasteiger partial charge is 0.229 e. The van der Waals surface area contributed by atoms with E-state index >= 15 is 0 Å². The van der Waals surface area contributed by atoms with E-state index in [2.05, 4.69) is 19.9 Å². The summed E-state index contributed by atoms with van der Waals surface area (Å²) in [4.78, 5) is 26.2. The monoisotopic (exact) mass is 370 g/mol. The van der Waals surface area contributed by atoms with Crippen LogP contribution < -0.4 is 5.73 Å². The van der Waals surface area contributed by atoms with Gasteiger partial charge in [-0.3, -0.25) is 9.59 Å². The first kappa shape index (κ1) is 17.7. The van der Waals surface area contributed by atoms with Gasteiger partial charge in [0.05, 0.1) is 11.5 Å². The van der Waals surface area contributed by atoms with Crippen molar-refractivity contribution in [3.05, 3.63) is 93.6 Å². The highest BCUT2D eigenvalue weighted by molar-refractivity contribution is 6.27. The van der Waals surface area contributed by atoms with Crippen LogP contribution in [-0.2, 0) is 4.74 Å². The van der Waals surface area contributed by atoms with E-state index in [0.29, 0.717) is 11.5 Å². The maximum Gasteiger partial charge on any atom is 0.229 e. The highest BCUT2D eigenvalue weighted by Crippen LogP contribution is 2.44. The third-order valence-electron chi connectivity index (χ3n) is 5.22. The minimum atomic E-state index is -0.736. The van der Waals surface area contributed by atoms with Crippen molar-refractivity contribution in [3.8, 4) is 6.07 Å². The number of fused-ring (bicyclic) bond motifs is 1. The Morgan fingerprint density at radius 2 is 1.61 bits per heavy atom. The topological polar surface area (TPSA) is 93.2 Å². The number of carbonyl (C=O) groups is 2. The Morgan fingerprint density at radius 1 is 1.00 bits per heavy atom. The summed E-state index contributed by atoms with van der Waals surface area (Å²) in [5.74, 6) is -1.32. The van der Waals surface area contributed by atoms with Gasteiger partial charge in [-0.2, -0.15) is 5.26 Å². The van der Waals surface area contributed by atoms with Crippen LogP contribution in [0.5, 0.6) is 0 Å². The Balaban J connectivity index is 1.92. The molecule has 2 N–H and O–H groups in total. The lowest BCUT2D eigenvalue weighted by Crippen LogP contribution is -2.32. The molecule has 2 aromatic carbocycles. The average molecular weight is 370 g/mol. The first-order valence-electron chi connectivity index (χ1n) is 9.04. The number of nitrogens with two attached hydrogens (primary N) is 1. The van der Waals surface area contributed by atoms with Crippen molar-refractivity contribution in [1.82, 2.24) is 0 Å².